The highest BCUT2D eigenvalue weighted by Gasteiger charge is 2.42. The van der Waals surface area contributed by atoms with Crippen molar-refractivity contribution in [2.75, 3.05) is 26.2 Å². The Morgan fingerprint density at radius 1 is 1.25 bits per heavy atom. The molecule has 1 N–H and O–H groups in total. The van der Waals surface area contributed by atoms with Crippen molar-refractivity contribution in [1.29, 1.82) is 0 Å². The summed E-state index contributed by atoms with van der Waals surface area (Å²) in [6.45, 7) is 1.90. The summed E-state index contributed by atoms with van der Waals surface area (Å²) in [5.41, 5.74) is 0. The third kappa shape index (κ3) is 2.48. The molecular formula is C10H16F4N2. The fourth-order valence-corrected chi connectivity index (χ4v) is 2.56. The van der Waals surface area contributed by atoms with Crippen molar-refractivity contribution in [1.82, 2.24) is 10.2 Å². The van der Waals surface area contributed by atoms with Gasteiger partial charge in [0.05, 0.1) is 6.54 Å². The van der Waals surface area contributed by atoms with E-state index in [9.17, 15) is 17.6 Å². The van der Waals surface area contributed by atoms with Crippen molar-refractivity contribution in [2.24, 2.45) is 5.92 Å². The summed E-state index contributed by atoms with van der Waals surface area (Å²) in [6, 6.07) is -0.0247. The summed E-state index contributed by atoms with van der Waals surface area (Å²) in [6.07, 6.45) is -1.81. The SMILES string of the molecule is FC(F)C(F)(F)CNC1CCN2CCC1C2. The lowest BCUT2D eigenvalue weighted by Gasteiger charge is -2.32. The zero-order valence-electron chi connectivity index (χ0n) is 8.93. The van der Waals surface area contributed by atoms with Crippen molar-refractivity contribution in [3.05, 3.63) is 0 Å². The Morgan fingerprint density at radius 2 is 1.94 bits per heavy atom. The molecule has 0 spiro atoms. The number of halogens is 4. The highest BCUT2D eigenvalue weighted by Crippen LogP contribution is 2.28. The molecule has 2 saturated heterocycles. The Balaban J connectivity index is 1.81. The molecule has 0 saturated carbocycles. The van der Waals surface area contributed by atoms with Gasteiger partial charge in [0.2, 0.25) is 0 Å². The van der Waals surface area contributed by atoms with E-state index in [-0.39, 0.29) is 6.04 Å². The molecule has 2 rings (SSSR count). The molecule has 0 aromatic heterocycles. The first-order valence-electron chi connectivity index (χ1n) is 5.61. The van der Waals surface area contributed by atoms with Gasteiger partial charge in [-0.25, -0.2) is 8.78 Å². The average Bonchev–Trinajstić information content (AvgIpc) is 2.60. The van der Waals surface area contributed by atoms with Gasteiger partial charge in [0.1, 0.15) is 0 Å². The summed E-state index contributed by atoms with van der Waals surface area (Å²) in [7, 11) is 0. The second-order valence-electron chi connectivity index (χ2n) is 4.69. The monoisotopic (exact) mass is 240 g/mol. The number of piperidine rings is 1. The quantitative estimate of drug-likeness (QED) is 0.750. The maximum absolute atomic E-state index is 12.7. The highest BCUT2D eigenvalue weighted by molar-refractivity contribution is 4.91. The van der Waals surface area contributed by atoms with E-state index in [1.54, 1.807) is 0 Å². The summed E-state index contributed by atoms with van der Waals surface area (Å²) < 4.78 is 49.4. The molecule has 3 atom stereocenters. The van der Waals surface area contributed by atoms with Gasteiger partial charge < -0.3 is 10.2 Å². The Morgan fingerprint density at radius 3 is 2.62 bits per heavy atom. The van der Waals surface area contributed by atoms with Crippen LogP contribution < -0.4 is 5.32 Å². The smallest absolute Gasteiger partial charge is 0.308 e. The van der Waals surface area contributed by atoms with Crippen molar-refractivity contribution >= 4 is 0 Å². The van der Waals surface area contributed by atoms with Crippen LogP contribution in [-0.4, -0.2) is 49.5 Å². The first-order valence-corrected chi connectivity index (χ1v) is 5.61. The van der Waals surface area contributed by atoms with E-state index in [1.807, 2.05) is 0 Å². The van der Waals surface area contributed by atoms with Crippen LogP contribution in [-0.2, 0) is 0 Å². The normalized spacial score (nSPS) is 34.7. The van der Waals surface area contributed by atoms with Crippen LogP contribution in [0.1, 0.15) is 12.8 Å². The first kappa shape index (κ1) is 12.1. The van der Waals surface area contributed by atoms with Crippen LogP contribution in [0.5, 0.6) is 0 Å². The van der Waals surface area contributed by atoms with Crippen LogP contribution in [0.4, 0.5) is 17.6 Å². The zero-order chi connectivity index (χ0) is 11.8. The van der Waals surface area contributed by atoms with Gasteiger partial charge in [-0.05, 0) is 31.8 Å². The Kier molecular flexibility index (Phi) is 3.39. The van der Waals surface area contributed by atoms with Gasteiger partial charge in [-0.15, -0.1) is 0 Å². The number of hydrogen-bond acceptors (Lipinski definition) is 2. The highest BCUT2D eigenvalue weighted by atomic mass is 19.3. The molecule has 3 unspecified atom stereocenters. The van der Waals surface area contributed by atoms with E-state index < -0.39 is 18.9 Å². The molecule has 2 fully saturated rings. The van der Waals surface area contributed by atoms with Crippen LogP contribution in [0.2, 0.25) is 0 Å². The summed E-state index contributed by atoms with van der Waals surface area (Å²) in [4.78, 5) is 2.29. The van der Waals surface area contributed by atoms with Crippen LogP contribution in [0.15, 0.2) is 0 Å². The zero-order valence-corrected chi connectivity index (χ0v) is 8.93. The molecule has 2 aliphatic heterocycles. The molecular weight excluding hydrogens is 224 g/mol. The predicted molar refractivity (Wildman–Crippen MR) is 51.9 cm³/mol. The van der Waals surface area contributed by atoms with Gasteiger partial charge >= 0.3 is 12.3 Å². The van der Waals surface area contributed by atoms with E-state index in [0.717, 1.165) is 32.5 Å². The van der Waals surface area contributed by atoms with Gasteiger partial charge in [0.25, 0.3) is 0 Å². The molecule has 0 amide bonds. The summed E-state index contributed by atoms with van der Waals surface area (Å²) in [5.74, 6) is -3.56. The fourth-order valence-electron chi connectivity index (χ4n) is 2.56. The molecule has 0 radical (unpaired) electrons. The van der Waals surface area contributed by atoms with Gasteiger partial charge in [0, 0.05) is 12.6 Å². The van der Waals surface area contributed by atoms with Crippen LogP contribution in [0, 0.1) is 5.92 Å². The molecule has 6 heteroatoms. The molecule has 2 bridgehead atoms. The largest absolute Gasteiger partial charge is 0.319 e. The fraction of sp³-hybridized carbons (Fsp3) is 1.00. The minimum Gasteiger partial charge on any atom is -0.308 e. The lowest BCUT2D eigenvalue weighted by Crippen LogP contribution is -2.49. The van der Waals surface area contributed by atoms with Crippen LogP contribution >= 0.6 is 0 Å². The second kappa shape index (κ2) is 4.49. The van der Waals surface area contributed by atoms with E-state index in [4.69, 9.17) is 0 Å². The van der Waals surface area contributed by atoms with Crippen molar-refractivity contribution in [2.45, 2.75) is 31.2 Å². The maximum Gasteiger partial charge on any atom is 0.319 e. The van der Waals surface area contributed by atoms with Gasteiger partial charge in [-0.2, -0.15) is 8.78 Å². The van der Waals surface area contributed by atoms with Crippen molar-refractivity contribution < 1.29 is 17.6 Å². The standard InChI is InChI=1S/C10H16F4N2/c11-9(12)10(13,14)6-15-8-2-4-16-3-1-7(8)5-16/h7-9,15H,1-6H2. The molecule has 2 nitrogen and oxygen atoms in total. The van der Waals surface area contributed by atoms with E-state index >= 15 is 0 Å². The topological polar surface area (TPSA) is 15.3 Å². The third-order valence-electron chi connectivity index (χ3n) is 3.55. The molecule has 0 aliphatic carbocycles. The average molecular weight is 240 g/mol. The lowest BCUT2D eigenvalue weighted by atomic mass is 9.94. The van der Waals surface area contributed by atoms with Gasteiger partial charge in [0.15, 0.2) is 0 Å². The molecule has 16 heavy (non-hydrogen) atoms. The van der Waals surface area contributed by atoms with Gasteiger partial charge in [-0.1, -0.05) is 0 Å². The lowest BCUT2D eigenvalue weighted by molar-refractivity contribution is -0.127. The minimum atomic E-state index is -3.91. The Hall–Kier alpha value is -0.360. The third-order valence-corrected chi connectivity index (χ3v) is 3.55. The molecule has 94 valence electrons. The van der Waals surface area contributed by atoms with E-state index in [2.05, 4.69) is 10.2 Å². The molecule has 2 heterocycles. The summed E-state index contributed by atoms with van der Waals surface area (Å²) in [5, 5.41) is 2.61. The minimum absolute atomic E-state index is 0.0247. The Labute approximate surface area is 92.0 Å². The van der Waals surface area contributed by atoms with Crippen LogP contribution in [0.25, 0.3) is 0 Å². The van der Waals surface area contributed by atoms with E-state index in [1.165, 1.54) is 0 Å². The van der Waals surface area contributed by atoms with Crippen molar-refractivity contribution in [3.8, 4) is 0 Å². The van der Waals surface area contributed by atoms with Crippen LogP contribution in [0.3, 0.4) is 0 Å². The second-order valence-corrected chi connectivity index (χ2v) is 4.69. The number of hydrogen-bond donors (Lipinski definition) is 1. The predicted octanol–water partition coefficient (Wildman–Crippen LogP) is 1.57. The van der Waals surface area contributed by atoms with E-state index in [0.29, 0.717) is 5.92 Å². The number of fused-ring (bicyclic) bond motifs is 2. The molecule has 0 aromatic carbocycles. The first-order chi connectivity index (χ1) is 7.49. The number of rotatable bonds is 4. The molecule has 2 aliphatic rings. The van der Waals surface area contributed by atoms with Crippen molar-refractivity contribution in [3.63, 3.8) is 0 Å². The Bertz CT molecular complexity index is 247. The number of alkyl halides is 4. The summed E-state index contributed by atoms with van der Waals surface area (Å²) >= 11 is 0. The van der Waals surface area contributed by atoms with Gasteiger partial charge in [-0.3, -0.25) is 0 Å². The maximum atomic E-state index is 12.7. The molecule has 0 aromatic rings. The number of nitrogens with zero attached hydrogens (tertiary/aromatic N) is 1. The number of nitrogens with one attached hydrogen (secondary N) is 1.